The Morgan fingerprint density at radius 1 is 1.00 bits per heavy atom. The van der Waals surface area contributed by atoms with E-state index in [1.165, 1.54) is 5.01 Å². The number of nitrogens with zero attached hydrogens (tertiary/aromatic N) is 2. The molecule has 0 fully saturated rings. The quantitative estimate of drug-likeness (QED) is 0.488. The highest BCUT2D eigenvalue weighted by atomic mass is 79.9. The number of methoxy groups -OCH3 is 1. The number of halogens is 1. The first-order chi connectivity index (χ1) is 14.6. The van der Waals surface area contributed by atoms with Gasteiger partial charge in [-0.05, 0) is 42.0 Å². The summed E-state index contributed by atoms with van der Waals surface area (Å²) >= 11 is 3.43. The van der Waals surface area contributed by atoms with Gasteiger partial charge in [0.1, 0.15) is 11.5 Å². The maximum Gasteiger partial charge on any atom is 0.248 e. The highest BCUT2D eigenvalue weighted by Crippen LogP contribution is 2.32. The van der Waals surface area contributed by atoms with E-state index in [2.05, 4.69) is 21.0 Å². The summed E-state index contributed by atoms with van der Waals surface area (Å²) in [4.78, 5) is 26.3. The van der Waals surface area contributed by atoms with Gasteiger partial charge in [-0.2, -0.15) is 5.10 Å². The van der Waals surface area contributed by atoms with Crippen LogP contribution >= 0.6 is 15.9 Å². The average molecular weight is 463 g/mol. The molecule has 0 N–H and O–H groups in total. The monoisotopic (exact) mass is 462 g/mol. The van der Waals surface area contributed by atoms with Crippen LogP contribution in [0.2, 0.25) is 0 Å². The third kappa shape index (κ3) is 4.04. The zero-order chi connectivity index (χ0) is 21.1. The lowest BCUT2D eigenvalue weighted by molar-refractivity contribution is -0.119. The van der Waals surface area contributed by atoms with E-state index < -0.39 is 5.92 Å². The molecule has 5 nitrogen and oxygen atoms in total. The lowest BCUT2D eigenvalue weighted by atomic mass is 9.85. The number of hydrogen-bond donors (Lipinski definition) is 0. The number of hydrazone groups is 1. The van der Waals surface area contributed by atoms with Crippen molar-refractivity contribution in [3.8, 4) is 5.75 Å². The van der Waals surface area contributed by atoms with Gasteiger partial charge in [0.2, 0.25) is 11.7 Å². The smallest absolute Gasteiger partial charge is 0.248 e. The molecule has 6 heteroatoms. The molecule has 1 aliphatic heterocycles. The van der Waals surface area contributed by atoms with Crippen molar-refractivity contribution in [1.82, 2.24) is 0 Å². The van der Waals surface area contributed by atoms with E-state index in [1.807, 2.05) is 42.5 Å². The number of hydrogen-bond acceptors (Lipinski definition) is 4. The Labute approximate surface area is 183 Å². The van der Waals surface area contributed by atoms with E-state index in [4.69, 9.17) is 4.74 Å². The molecule has 150 valence electrons. The fourth-order valence-electron chi connectivity index (χ4n) is 3.43. The Kier molecular flexibility index (Phi) is 5.77. The molecular formula is C24H19BrN2O3. The highest BCUT2D eigenvalue weighted by molar-refractivity contribution is 9.10. The van der Waals surface area contributed by atoms with Crippen molar-refractivity contribution in [2.24, 2.45) is 5.10 Å². The molecule has 0 bridgehead atoms. The minimum absolute atomic E-state index is 0.158. The summed E-state index contributed by atoms with van der Waals surface area (Å²) in [5.74, 6) is -0.0828. The Morgan fingerprint density at radius 2 is 1.67 bits per heavy atom. The van der Waals surface area contributed by atoms with Crippen LogP contribution in [0.5, 0.6) is 5.75 Å². The Balaban J connectivity index is 1.78. The molecule has 0 spiro atoms. The van der Waals surface area contributed by atoms with E-state index in [0.29, 0.717) is 22.7 Å². The van der Waals surface area contributed by atoms with Gasteiger partial charge in [0.15, 0.2) is 0 Å². The largest absolute Gasteiger partial charge is 0.497 e. The molecule has 3 aromatic rings. The van der Waals surface area contributed by atoms with Gasteiger partial charge in [-0.3, -0.25) is 9.59 Å². The molecule has 4 rings (SSSR count). The van der Waals surface area contributed by atoms with Crippen LogP contribution < -0.4 is 9.75 Å². The number of carbonyl (C=O) groups excluding carboxylic acids is 2. The zero-order valence-electron chi connectivity index (χ0n) is 16.3. The van der Waals surface area contributed by atoms with E-state index in [0.717, 1.165) is 10.0 Å². The molecule has 1 amide bonds. The molecule has 30 heavy (non-hydrogen) atoms. The summed E-state index contributed by atoms with van der Waals surface area (Å²) in [6.45, 7) is 0. The minimum atomic E-state index is -0.409. The van der Waals surface area contributed by atoms with Crippen LogP contribution in [0.15, 0.2) is 88.4 Å². The van der Waals surface area contributed by atoms with Crippen LogP contribution in [0.1, 0.15) is 28.3 Å². The van der Waals surface area contributed by atoms with Crippen molar-refractivity contribution in [3.63, 3.8) is 0 Å². The Bertz CT molecular complexity index is 1090. The second kappa shape index (κ2) is 8.63. The maximum atomic E-state index is 13.3. The van der Waals surface area contributed by atoms with Gasteiger partial charge < -0.3 is 4.74 Å². The fourth-order valence-corrected chi connectivity index (χ4v) is 3.69. The average Bonchev–Trinajstić information content (AvgIpc) is 2.80. The van der Waals surface area contributed by atoms with Crippen LogP contribution in [0.4, 0.5) is 5.69 Å². The molecule has 0 unspecified atom stereocenters. The molecule has 0 aliphatic carbocycles. The first-order valence-electron chi connectivity index (χ1n) is 9.47. The zero-order valence-corrected chi connectivity index (χ0v) is 17.9. The predicted octanol–water partition coefficient (Wildman–Crippen LogP) is 5.22. The SMILES string of the molecule is COc1ccc(N2N=C(C(=O)c3ccccc3)[C@H](c3ccc(Br)cc3)CC2=O)cc1. The molecule has 1 aliphatic rings. The van der Waals surface area contributed by atoms with Crippen molar-refractivity contribution < 1.29 is 14.3 Å². The van der Waals surface area contributed by atoms with Crippen LogP contribution in [0.3, 0.4) is 0 Å². The van der Waals surface area contributed by atoms with Crippen molar-refractivity contribution in [2.75, 3.05) is 12.1 Å². The molecule has 0 saturated carbocycles. The van der Waals surface area contributed by atoms with E-state index in [-0.39, 0.29) is 18.1 Å². The molecule has 1 atom stereocenters. The van der Waals surface area contributed by atoms with E-state index in [1.54, 1.807) is 43.5 Å². The van der Waals surface area contributed by atoms with Crippen molar-refractivity contribution in [3.05, 3.63) is 94.5 Å². The van der Waals surface area contributed by atoms with Crippen LogP contribution in [-0.4, -0.2) is 24.5 Å². The maximum absolute atomic E-state index is 13.3. The summed E-state index contributed by atoms with van der Waals surface area (Å²) in [6.07, 6.45) is 0.158. The number of benzene rings is 3. The fraction of sp³-hybridized carbons (Fsp3) is 0.125. The van der Waals surface area contributed by atoms with E-state index in [9.17, 15) is 9.59 Å². The topological polar surface area (TPSA) is 59.0 Å². The van der Waals surface area contributed by atoms with Crippen molar-refractivity contribution in [1.29, 1.82) is 0 Å². The molecule has 1 heterocycles. The van der Waals surface area contributed by atoms with Crippen LogP contribution in [0, 0.1) is 0 Å². The van der Waals surface area contributed by atoms with Gasteiger partial charge in [-0.15, -0.1) is 0 Å². The lowest BCUT2D eigenvalue weighted by Gasteiger charge is -2.29. The van der Waals surface area contributed by atoms with Gasteiger partial charge >= 0.3 is 0 Å². The first-order valence-corrected chi connectivity index (χ1v) is 10.3. The van der Waals surface area contributed by atoms with Crippen molar-refractivity contribution >= 4 is 39.0 Å². The molecule has 0 saturated heterocycles. The van der Waals surface area contributed by atoms with E-state index >= 15 is 0 Å². The number of ketones is 1. The number of rotatable bonds is 5. The number of Topliss-reactive ketones (excluding diaryl/α,β-unsaturated/α-hetero) is 1. The third-order valence-corrected chi connectivity index (χ3v) is 5.54. The molecular weight excluding hydrogens is 444 g/mol. The van der Waals surface area contributed by atoms with Crippen LogP contribution in [-0.2, 0) is 4.79 Å². The number of amides is 1. The van der Waals surface area contributed by atoms with Gasteiger partial charge in [-0.25, -0.2) is 5.01 Å². The number of anilines is 1. The van der Waals surface area contributed by atoms with Crippen LogP contribution in [0.25, 0.3) is 0 Å². The summed E-state index contributed by atoms with van der Waals surface area (Å²) < 4.78 is 6.12. The number of ether oxygens (including phenoxy) is 1. The summed E-state index contributed by atoms with van der Waals surface area (Å²) in [5.41, 5.74) is 2.36. The second-order valence-corrected chi connectivity index (χ2v) is 7.81. The Hall–Kier alpha value is -3.25. The highest BCUT2D eigenvalue weighted by Gasteiger charge is 2.35. The molecule has 0 aromatic heterocycles. The lowest BCUT2D eigenvalue weighted by Crippen LogP contribution is -2.39. The van der Waals surface area contributed by atoms with Gasteiger partial charge in [0.05, 0.1) is 12.8 Å². The summed E-state index contributed by atoms with van der Waals surface area (Å²) in [6, 6.07) is 23.7. The first kappa shape index (κ1) is 20.0. The van der Waals surface area contributed by atoms with Gasteiger partial charge in [0, 0.05) is 22.4 Å². The minimum Gasteiger partial charge on any atom is -0.497 e. The van der Waals surface area contributed by atoms with Gasteiger partial charge in [0.25, 0.3) is 0 Å². The van der Waals surface area contributed by atoms with Crippen molar-refractivity contribution in [2.45, 2.75) is 12.3 Å². The van der Waals surface area contributed by atoms with Gasteiger partial charge in [-0.1, -0.05) is 58.4 Å². The Morgan fingerprint density at radius 3 is 2.30 bits per heavy atom. The molecule has 0 radical (unpaired) electrons. The predicted molar refractivity (Wildman–Crippen MR) is 120 cm³/mol. The second-order valence-electron chi connectivity index (χ2n) is 6.89. The molecule has 3 aromatic carbocycles. The summed E-state index contributed by atoms with van der Waals surface area (Å²) in [5, 5.41) is 5.85. The third-order valence-electron chi connectivity index (χ3n) is 5.01. The summed E-state index contributed by atoms with van der Waals surface area (Å²) in [7, 11) is 1.58. The standard InChI is InChI=1S/C24H19BrN2O3/c1-30-20-13-11-19(12-14-20)27-22(28)15-21(16-7-9-18(25)10-8-16)23(26-27)24(29)17-5-3-2-4-6-17/h2-14,21H,15H2,1H3/t21-/m0/s1. The number of carbonyl (C=O) groups is 2. The normalized spacial score (nSPS) is 16.2.